The summed E-state index contributed by atoms with van der Waals surface area (Å²) < 4.78 is 142. The number of hydrogen-bond donors (Lipinski definition) is 7. The zero-order valence-electron chi connectivity index (χ0n) is 31.0. The molecule has 342 valence electrons. The number of aromatic hydroxyl groups is 1. The average Bonchev–Trinajstić information content (AvgIpc) is 3.16. The lowest BCUT2D eigenvalue weighted by Gasteiger charge is -2.21. The Kier molecular flexibility index (Phi) is 17.3. The van der Waals surface area contributed by atoms with Crippen molar-refractivity contribution in [1.82, 2.24) is 0 Å². The van der Waals surface area contributed by atoms with Gasteiger partial charge in [0.15, 0.2) is 15.7 Å². The molecule has 0 atom stereocenters. The molecule has 0 spiro atoms. The minimum Gasteiger partial charge on any atom is -0.505 e. The summed E-state index contributed by atoms with van der Waals surface area (Å²) in [7, 11) is -17.0. The molecule has 5 aromatic rings. The van der Waals surface area contributed by atoms with Gasteiger partial charge in [0, 0.05) is 16.6 Å². The van der Waals surface area contributed by atoms with Crippen LogP contribution >= 0.6 is 12.0 Å². The largest absolute Gasteiger partial charge is 0.505 e. The van der Waals surface area contributed by atoms with E-state index in [1.54, 1.807) is 0 Å². The number of phenolic OH excluding ortho intramolecular Hbond substituents is 1. The minimum atomic E-state index is -5.72. The molecule has 0 radical (unpaired) electrons. The van der Waals surface area contributed by atoms with Crippen LogP contribution in [0.1, 0.15) is 0 Å². The summed E-state index contributed by atoms with van der Waals surface area (Å²) in [5.74, 6) is -3.16. The third-order valence-electron chi connectivity index (χ3n) is 7.18. The highest BCUT2D eigenvalue weighted by Gasteiger charge is 2.27. The van der Waals surface area contributed by atoms with Gasteiger partial charge in [-0.1, -0.05) is 12.1 Å². The third kappa shape index (κ3) is 16.1. The van der Waals surface area contributed by atoms with E-state index in [1.165, 1.54) is 60.7 Å². The van der Waals surface area contributed by atoms with Crippen molar-refractivity contribution < 1.29 is 84.7 Å². The number of benzene rings is 5. The molecule has 0 aliphatic carbocycles. The molecule has 0 saturated carbocycles. The Labute approximate surface area is 362 Å². The van der Waals surface area contributed by atoms with Gasteiger partial charge in [0.2, 0.25) is 5.82 Å². The number of nitrogens with zero attached hydrogens (tertiary/aromatic N) is 6. The number of fused-ring (bicyclic) bond motifs is 1. The Morgan fingerprint density at radius 1 is 0.828 bits per heavy atom. The quantitative estimate of drug-likeness (QED) is 0.00911. The molecule has 0 fully saturated rings. The second-order valence-electron chi connectivity index (χ2n) is 11.6. The van der Waals surface area contributed by atoms with Crippen molar-refractivity contribution in [2.24, 2.45) is 20.5 Å². The Balaban J connectivity index is 0.00000125. The SMILES string of the molecule is Nc1c(N=Nc2ccc(SOOCCS(=O)(O)(O)O)cc2)ccc2cc(S(=O)(=O)O)c(N=Nc3cccc(Nc4cc(F)c([N+](=O)[O-])cc4[N+](=O)[O-])c3)c(O)c12.O=S(=O)=O.O=S(=O)=O. The number of rotatable bonds is 15. The minimum absolute atomic E-state index is 0.0210. The van der Waals surface area contributed by atoms with Crippen LogP contribution in [0.15, 0.2) is 109 Å². The summed E-state index contributed by atoms with van der Waals surface area (Å²) >= 11 is 0.698. The van der Waals surface area contributed by atoms with Crippen molar-refractivity contribution in [1.29, 1.82) is 0 Å². The van der Waals surface area contributed by atoms with Crippen LogP contribution in [0, 0.1) is 26.0 Å². The molecular weight excluding hydrogens is 972 g/mol. The number of halogens is 1. The first-order valence-corrected chi connectivity index (χ1v) is 22.2. The Hall–Kier alpha value is -6.86. The average molecular weight is 997 g/mol. The summed E-state index contributed by atoms with van der Waals surface area (Å²) in [4.78, 5) is 24.8. The van der Waals surface area contributed by atoms with Crippen LogP contribution in [-0.2, 0) is 50.5 Å². The second kappa shape index (κ2) is 21.5. The third-order valence-corrected chi connectivity index (χ3v) is 9.55. The van der Waals surface area contributed by atoms with Crippen LogP contribution in [0.3, 0.4) is 0 Å². The van der Waals surface area contributed by atoms with E-state index in [-0.39, 0.29) is 33.5 Å². The fourth-order valence-electron chi connectivity index (χ4n) is 4.64. The van der Waals surface area contributed by atoms with E-state index in [0.29, 0.717) is 34.8 Å². The van der Waals surface area contributed by atoms with E-state index >= 15 is 0 Å². The molecule has 0 aromatic heterocycles. The topological polar surface area (TPSA) is 447 Å². The van der Waals surface area contributed by atoms with Gasteiger partial charge in [0.1, 0.15) is 22.0 Å². The monoisotopic (exact) mass is 996 g/mol. The number of nitrogens with two attached hydrogens (primary N) is 1. The van der Waals surface area contributed by atoms with Crippen LogP contribution in [-0.4, -0.2) is 83.4 Å². The molecule has 5 rings (SSSR count). The molecule has 5 aromatic carbocycles. The molecule has 8 N–H and O–H groups in total. The van der Waals surface area contributed by atoms with E-state index in [1.807, 2.05) is 0 Å². The molecule has 0 saturated heterocycles. The van der Waals surface area contributed by atoms with Crippen LogP contribution in [0.5, 0.6) is 5.75 Å². The fourth-order valence-corrected chi connectivity index (χ4v) is 6.10. The first-order chi connectivity index (χ1) is 29.6. The summed E-state index contributed by atoms with van der Waals surface area (Å²) in [5.41, 5.74) is 3.38. The summed E-state index contributed by atoms with van der Waals surface area (Å²) in [6.45, 7) is -0.599. The molecule has 0 unspecified atom stereocenters. The van der Waals surface area contributed by atoms with Gasteiger partial charge in [-0.25, -0.2) is 9.10 Å². The molecule has 28 nitrogen and oxygen atoms in total. The predicted molar refractivity (Wildman–Crippen MR) is 217 cm³/mol. The maximum atomic E-state index is 14.3. The molecular formula is C30H25FN8O20S5. The van der Waals surface area contributed by atoms with Gasteiger partial charge in [-0.3, -0.25) is 38.4 Å². The number of phenols is 1. The van der Waals surface area contributed by atoms with Crippen molar-refractivity contribution in [3.63, 3.8) is 0 Å². The number of azo groups is 2. The highest BCUT2D eigenvalue weighted by Crippen LogP contribution is 2.46. The van der Waals surface area contributed by atoms with Gasteiger partial charge in [0.05, 0.1) is 62.8 Å². The van der Waals surface area contributed by atoms with Crippen LogP contribution in [0.4, 0.5) is 55.6 Å². The van der Waals surface area contributed by atoms with Gasteiger partial charge in [-0.2, -0.15) is 27.4 Å². The van der Waals surface area contributed by atoms with Gasteiger partial charge < -0.3 is 16.2 Å². The number of nitro benzene ring substituents is 2. The number of nitro groups is 2. The van der Waals surface area contributed by atoms with Crippen LogP contribution in [0.25, 0.3) is 10.8 Å². The standard InChI is InChI=1S/C30H25FN8O14S3.2O3S/c31-21-14-23(25(39(43)44)15-24(21)38(41)42)33-18-2-1-3-19(13-18)35-37-29-26(55(45,46)47)12-16-4-9-22(28(32)27(16)30(29)40)36-34-17-5-7-20(8-6-17)54-53-52-10-11-56(48,49,50)51;2*1-4(2)3/h1-9,12-15,33,40H,10-11,32H2,(H,45,46,47)(H3,48,49,50,51);;. The van der Waals surface area contributed by atoms with Gasteiger partial charge in [-0.15, -0.1) is 35.5 Å². The Bertz CT molecular complexity index is 3050. The number of anilines is 3. The Morgan fingerprint density at radius 3 is 1.98 bits per heavy atom. The number of hydrogen-bond acceptors (Lipinski definition) is 23. The van der Waals surface area contributed by atoms with Crippen molar-refractivity contribution in [2.75, 3.05) is 23.4 Å². The molecule has 34 heteroatoms. The first kappa shape index (κ1) is 51.5. The zero-order chi connectivity index (χ0) is 48.2. The van der Waals surface area contributed by atoms with Crippen LogP contribution in [0.2, 0.25) is 0 Å². The summed E-state index contributed by atoms with van der Waals surface area (Å²) in [5, 5.41) is 52.2. The van der Waals surface area contributed by atoms with Crippen molar-refractivity contribution in [3.05, 3.63) is 105 Å². The normalized spacial score (nSPS) is 12.0. The van der Waals surface area contributed by atoms with E-state index in [2.05, 4.69) is 30.7 Å². The van der Waals surface area contributed by atoms with E-state index in [9.17, 15) is 46.9 Å². The molecule has 0 aliphatic heterocycles. The van der Waals surface area contributed by atoms with Crippen molar-refractivity contribution in [2.45, 2.75) is 9.79 Å². The maximum absolute atomic E-state index is 14.3. The smallest absolute Gasteiger partial charge is 0.425 e. The summed E-state index contributed by atoms with van der Waals surface area (Å²) in [6.07, 6.45) is 0. The maximum Gasteiger partial charge on any atom is 0.425 e. The molecule has 0 bridgehead atoms. The highest BCUT2D eigenvalue weighted by atomic mass is 32.3. The molecule has 64 heavy (non-hydrogen) atoms. The van der Waals surface area contributed by atoms with Crippen molar-refractivity contribution in [3.8, 4) is 5.75 Å². The lowest BCUT2D eigenvalue weighted by molar-refractivity contribution is -0.395. The van der Waals surface area contributed by atoms with Gasteiger partial charge in [0.25, 0.3) is 15.8 Å². The van der Waals surface area contributed by atoms with E-state index in [0.717, 1.165) is 6.07 Å². The number of nitrogen functional groups attached to an aromatic ring is 1. The van der Waals surface area contributed by atoms with Gasteiger partial charge in [-0.05, 0) is 60.0 Å². The molecule has 0 amide bonds. The summed E-state index contributed by atoms with van der Waals surface area (Å²) in [6, 6.07) is 16.1. The fraction of sp³-hybridized carbons (Fsp3) is 0.0667. The zero-order valence-corrected chi connectivity index (χ0v) is 35.0. The molecule has 0 aliphatic rings. The van der Waals surface area contributed by atoms with Gasteiger partial charge >= 0.3 is 26.9 Å². The predicted octanol–water partition coefficient (Wildman–Crippen LogP) is 6.09. The molecule has 0 heterocycles. The lowest BCUT2D eigenvalue weighted by atomic mass is 10.1. The van der Waals surface area contributed by atoms with Crippen molar-refractivity contribution >= 4 is 115 Å². The lowest BCUT2D eigenvalue weighted by Crippen LogP contribution is -2.36. The van der Waals surface area contributed by atoms with E-state index < -0.39 is 103 Å². The highest BCUT2D eigenvalue weighted by molar-refractivity contribution is 8.05. The first-order valence-electron chi connectivity index (χ1n) is 16.0. The van der Waals surface area contributed by atoms with Crippen LogP contribution < -0.4 is 11.1 Å². The number of nitrogens with one attached hydrogen (secondary N) is 1. The second-order valence-corrected chi connectivity index (χ2v) is 16.9. The van der Waals surface area contributed by atoms with E-state index in [4.69, 9.17) is 49.0 Å². The Morgan fingerprint density at radius 2 is 1.42 bits per heavy atom.